The third-order valence-electron chi connectivity index (χ3n) is 2.50. The first kappa shape index (κ1) is 15.0. The molecule has 18 heavy (non-hydrogen) atoms. The fraction of sp³-hybridized carbons (Fsp3) is 0.500. The van der Waals surface area contributed by atoms with E-state index in [1.165, 1.54) is 0 Å². The summed E-state index contributed by atoms with van der Waals surface area (Å²) in [5, 5.41) is 12.1. The number of hydrogen-bond donors (Lipinski definition) is 1. The van der Waals surface area contributed by atoms with Crippen LogP contribution in [0.5, 0.6) is 0 Å². The molecule has 98 valence electrons. The van der Waals surface area contributed by atoms with Crippen molar-refractivity contribution in [1.82, 2.24) is 0 Å². The number of rotatable bonds is 7. The maximum atomic E-state index is 8.81. The van der Waals surface area contributed by atoms with Crippen LogP contribution >= 0.6 is 15.9 Å². The number of nitrogens with one attached hydrogen (secondary N) is 1. The van der Waals surface area contributed by atoms with Gasteiger partial charge in [-0.2, -0.15) is 5.26 Å². The summed E-state index contributed by atoms with van der Waals surface area (Å²) in [6.45, 7) is 6.67. The number of anilines is 1. The molecular formula is C14H19BrN2O. The molecule has 0 aliphatic heterocycles. The lowest BCUT2D eigenvalue weighted by molar-refractivity contribution is 0.132. The van der Waals surface area contributed by atoms with Gasteiger partial charge in [0.15, 0.2) is 0 Å². The molecule has 1 aromatic carbocycles. The van der Waals surface area contributed by atoms with Gasteiger partial charge in [0.25, 0.3) is 0 Å². The SMILES string of the molecule is CC(C)CCOCCNc1ccc(C#N)c(Br)c1. The van der Waals surface area contributed by atoms with Crippen molar-refractivity contribution in [2.75, 3.05) is 25.1 Å². The summed E-state index contributed by atoms with van der Waals surface area (Å²) in [7, 11) is 0. The van der Waals surface area contributed by atoms with Crippen LogP contribution in [0.2, 0.25) is 0 Å². The van der Waals surface area contributed by atoms with Crippen molar-refractivity contribution in [2.24, 2.45) is 5.92 Å². The number of benzene rings is 1. The van der Waals surface area contributed by atoms with Crippen LogP contribution in [-0.2, 0) is 4.74 Å². The van der Waals surface area contributed by atoms with Crippen LogP contribution in [0.1, 0.15) is 25.8 Å². The van der Waals surface area contributed by atoms with Gasteiger partial charge in [0.05, 0.1) is 12.2 Å². The minimum absolute atomic E-state index is 0.647. The third kappa shape index (κ3) is 5.52. The second-order valence-corrected chi connectivity index (χ2v) is 5.38. The number of halogens is 1. The molecule has 1 N–H and O–H groups in total. The number of nitriles is 1. The molecule has 0 atom stereocenters. The predicted octanol–water partition coefficient (Wildman–Crippen LogP) is 3.80. The Kier molecular flexibility index (Phi) is 6.77. The molecule has 0 aromatic heterocycles. The average Bonchev–Trinajstić information content (AvgIpc) is 2.33. The van der Waals surface area contributed by atoms with E-state index in [2.05, 4.69) is 41.2 Å². The van der Waals surface area contributed by atoms with Gasteiger partial charge in [0.2, 0.25) is 0 Å². The Hall–Kier alpha value is -1.05. The van der Waals surface area contributed by atoms with E-state index >= 15 is 0 Å². The quantitative estimate of drug-likeness (QED) is 0.779. The Labute approximate surface area is 117 Å². The first-order valence-corrected chi connectivity index (χ1v) is 6.94. The van der Waals surface area contributed by atoms with Gasteiger partial charge in [-0.25, -0.2) is 0 Å². The monoisotopic (exact) mass is 310 g/mol. The molecule has 0 aliphatic carbocycles. The second-order valence-electron chi connectivity index (χ2n) is 4.53. The van der Waals surface area contributed by atoms with Gasteiger partial charge in [0, 0.05) is 23.3 Å². The molecule has 1 aromatic rings. The Morgan fingerprint density at radius 2 is 2.17 bits per heavy atom. The Morgan fingerprint density at radius 3 is 2.78 bits per heavy atom. The number of ether oxygens (including phenoxy) is 1. The van der Waals surface area contributed by atoms with Crippen molar-refractivity contribution in [3.63, 3.8) is 0 Å². The molecule has 0 saturated carbocycles. The van der Waals surface area contributed by atoms with Crippen LogP contribution in [0.3, 0.4) is 0 Å². The van der Waals surface area contributed by atoms with Crippen molar-refractivity contribution in [1.29, 1.82) is 5.26 Å². The Morgan fingerprint density at radius 1 is 1.39 bits per heavy atom. The van der Waals surface area contributed by atoms with Gasteiger partial charge in [-0.3, -0.25) is 0 Å². The largest absolute Gasteiger partial charge is 0.383 e. The number of hydrogen-bond acceptors (Lipinski definition) is 3. The van der Waals surface area contributed by atoms with Gasteiger partial charge in [0.1, 0.15) is 6.07 Å². The first-order valence-electron chi connectivity index (χ1n) is 6.14. The zero-order valence-electron chi connectivity index (χ0n) is 10.9. The topological polar surface area (TPSA) is 45.0 Å². The molecule has 0 fully saturated rings. The van der Waals surface area contributed by atoms with Crippen molar-refractivity contribution >= 4 is 21.6 Å². The highest BCUT2D eigenvalue weighted by molar-refractivity contribution is 9.10. The summed E-state index contributed by atoms with van der Waals surface area (Å²) in [6, 6.07) is 7.72. The minimum atomic E-state index is 0.647. The summed E-state index contributed by atoms with van der Waals surface area (Å²) in [5.74, 6) is 0.687. The summed E-state index contributed by atoms with van der Waals surface area (Å²) in [6.07, 6.45) is 1.10. The normalized spacial score (nSPS) is 10.4. The van der Waals surface area contributed by atoms with Gasteiger partial charge in [-0.05, 0) is 46.5 Å². The fourth-order valence-electron chi connectivity index (χ4n) is 1.40. The Bertz CT molecular complexity index is 413. The summed E-state index contributed by atoms with van der Waals surface area (Å²) < 4.78 is 6.33. The highest BCUT2D eigenvalue weighted by Crippen LogP contribution is 2.20. The van der Waals surface area contributed by atoms with Crippen molar-refractivity contribution in [3.05, 3.63) is 28.2 Å². The van der Waals surface area contributed by atoms with Gasteiger partial charge in [-0.1, -0.05) is 13.8 Å². The van der Waals surface area contributed by atoms with E-state index in [9.17, 15) is 0 Å². The summed E-state index contributed by atoms with van der Waals surface area (Å²) >= 11 is 3.36. The van der Waals surface area contributed by atoms with E-state index in [0.717, 1.165) is 29.7 Å². The molecule has 0 saturated heterocycles. The second kappa shape index (κ2) is 8.12. The molecule has 3 nitrogen and oxygen atoms in total. The zero-order chi connectivity index (χ0) is 13.4. The van der Waals surface area contributed by atoms with Crippen LogP contribution in [0.25, 0.3) is 0 Å². The van der Waals surface area contributed by atoms with E-state index in [1.807, 2.05) is 12.1 Å². The van der Waals surface area contributed by atoms with Crippen molar-refractivity contribution in [3.8, 4) is 6.07 Å². The van der Waals surface area contributed by atoms with E-state index in [4.69, 9.17) is 10.00 Å². The standard InChI is InChI=1S/C14H19BrN2O/c1-11(2)5-7-18-8-6-17-13-4-3-12(10-16)14(15)9-13/h3-4,9,11,17H,5-8H2,1-2H3. The molecule has 0 radical (unpaired) electrons. The maximum absolute atomic E-state index is 8.81. The first-order chi connectivity index (χ1) is 8.63. The smallest absolute Gasteiger partial charge is 0.100 e. The van der Waals surface area contributed by atoms with Crippen molar-refractivity contribution < 1.29 is 4.74 Å². The lowest BCUT2D eigenvalue weighted by Crippen LogP contribution is -2.10. The molecule has 0 spiro atoms. The minimum Gasteiger partial charge on any atom is -0.383 e. The molecule has 0 amide bonds. The van der Waals surface area contributed by atoms with E-state index in [1.54, 1.807) is 6.07 Å². The van der Waals surface area contributed by atoms with Gasteiger partial charge in [-0.15, -0.1) is 0 Å². The molecule has 0 unspecified atom stereocenters. The van der Waals surface area contributed by atoms with Gasteiger partial charge >= 0.3 is 0 Å². The zero-order valence-corrected chi connectivity index (χ0v) is 12.5. The van der Waals surface area contributed by atoms with Crippen LogP contribution in [-0.4, -0.2) is 19.8 Å². The lowest BCUT2D eigenvalue weighted by Gasteiger charge is -2.09. The average molecular weight is 311 g/mol. The molecular weight excluding hydrogens is 292 g/mol. The molecule has 1 rings (SSSR count). The maximum Gasteiger partial charge on any atom is 0.100 e. The number of nitrogens with zero attached hydrogens (tertiary/aromatic N) is 1. The van der Waals surface area contributed by atoms with Crippen LogP contribution in [0, 0.1) is 17.2 Å². The van der Waals surface area contributed by atoms with Gasteiger partial charge < -0.3 is 10.1 Å². The van der Waals surface area contributed by atoms with E-state index < -0.39 is 0 Å². The van der Waals surface area contributed by atoms with E-state index in [0.29, 0.717) is 18.1 Å². The molecule has 4 heteroatoms. The summed E-state index contributed by atoms with van der Waals surface area (Å²) in [5.41, 5.74) is 1.64. The highest BCUT2D eigenvalue weighted by Gasteiger charge is 2.00. The van der Waals surface area contributed by atoms with E-state index in [-0.39, 0.29) is 0 Å². The molecule has 0 heterocycles. The lowest BCUT2D eigenvalue weighted by atomic mass is 10.1. The van der Waals surface area contributed by atoms with Crippen LogP contribution in [0.15, 0.2) is 22.7 Å². The molecule has 0 aliphatic rings. The Balaban J connectivity index is 2.24. The summed E-state index contributed by atoms with van der Waals surface area (Å²) in [4.78, 5) is 0. The molecule has 0 bridgehead atoms. The highest BCUT2D eigenvalue weighted by atomic mass is 79.9. The van der Waals surface area contributed by atoms with Crippen LogP contribution < -0.4 is 5.32 Å². The third-order valence-corrected chi connectivity index (χ3v) is 3.16. The van der Waals surface area contributed by atoms with Crippen molar-refractivity contribution in [2.45, 2.75) is 20.3 Å². The predicted molar refractivity (Wildman–Crippen MR) is 77.6 cm³/mol. The van der Waals surface area contributed by atoms with Crippen LogP contribution in [0.4, 0.5) is 5.69 Å². The fourth-order valence-corrected chi connectivity index (χ4v) is 1.87.